The van der Waals surface area contributed by atoms with Crippen LogP contribution in [-0.4, -0.2) is 41.8 Å². The number of alkyl halides is 4. The number of aliphatic imine (C=N–C) groups is 1. The number of rotatable bonds is 5. The van der Waals surface area contributed by atoms with E-state index in [-0.39, 0.29) is 16.9 Å². The van der Waals surface area contributed by atoms with Gasteiger partial charge in [-0.15, -0.1) is 0 Å². The highest BCUT2D eigenvalue weighted by atomic mass is 19.3. The number of benzene rings is 1. The topological polar surface area (TPSA) is 113 Å². The number of halogens is 5. The number of nitrogens with zero attached hydrogens (tertiary/aromatic N) is 3. The van der Waals surface area contributed by atoms with Crippen LogP contribution >= 0.6 is 0 Å². The van der Waals surface area contributed by atoms with Gasteiger partial charge < -0.3 is 15.8 Å². The van der Waals surface area contributed by atoms with E-state index in [9.17, 15) is 26.7 Å². The van der Waals surface area contributed by atoms with E-state index in [0.29, 0.717) is 0 Å². The van der Waals surface area contributed by atoms with E-state index in [0.717, 1.165) is 12.1 Å². The predicted molar refractivity (Wildman–Crippen MR) is 110 cm³/mol. The largest absolute Gasteiger partial charge is 0.455 e. The third-order valence-electron chi connectivity index (χ3n) is 6.14. The summed E-state index contributed by atoms with van der Waals surface area (Å²) in [5.41, 5.74) is 0.808. The molecule has 1 saturated carbocycles. The molecule has 7 nitrogen and oxygen atoms in total. The molecular formula is C22H18F5N5O2. The SMILES string of the molecule is N#Cc1ccc(C(=O)Nc2ccc(F)c(C3(CF)N=C(N)OC4(CF)CC(F)(F)CC43)c2)nc1. The number of nitrogens with one attached hydrogen (secondary N) is 1. The van der Waals surface area contributed by atoms with Crippen molar-refractivity contribution >= 4 is 17.6 Å². The zero-order valence-corrected chi connectivity index (χ0v) is 17.5. The van der Waals surface area contributed by atoms with Crippen molar-refractivity contribution in [2.45, 2.75) is 29.9 Å². The molecule has 0 spiro atoms. The van der Waals surface area contributed by atoms with E-state index in [1.165, 1.54) is 24.4 Å². The van der Waals surface area contributed by atoms with Crippen LogP contribution in [0.4, 0.5) is 27.6 Å². The zero-order valence-electron chi connectivity index (χ0n) is 17.5. The molecule has 2 aliphatic rings. The van der Waals surface area contributed by atoms with Gasteiger partial charge in [0, 0.05) is 29.8 Å². The van der Waals surface area contributed by atoms with Gasteiger partial charge in [0.2, 0.25) is 0 Å². The average molecular weight is 479 g/mol. The van der Waals surface area contributed by atoms with Gasteiger partial charge in [0.25, 0.3) is 17.9 Å². The molecule has 2 aromatic rings. The van der Waals surface area contributed by atoms with E-state index < -0.39 is 72.5 Å². The van der Waals surface area contributed by atoms with Crippen LogP contribution < -0.4 is 11.1 Å². The maximum absolute atomic E-state index is 15.0. The van der Waals surface area contributed by atoms with Crippen molar-refractivity contribution in [1.29, 1.82) is 5.26 Å². The smallest absolute Gasteiger partial charge is 0.283 e. The van der Waals surface area contributed by atoms with Gasteiger partial charge in [-0.25, -0.2) is 31.9 Å². The first kappa shape index (κ1) is 23.4. The Kier molecular flexibility index (Phi) is 5.67. The van der Waals surface area contributed by atoms with Gasteiger partial charge in [0.1, 0.15) is 36.5 Å². The van der Waals surface area contributed by atoms with E-state index in [4.69, 9.17) is 15.7 Å². The minimum atomic E-state index is -3.42. The van der Waals surface area contributed by atoms with Crippen molar-refractivity contribution in [3.63, 3.8) is 0 Å². The predicted octanol–water partition coefficient (Wildman–Crippen LogP) is 3.61. The molecule has 3 atom stereocenters. The van der Waals surface area contributed by atoms with Crippen LogP contribution in [0.15, 0.2) is 41.5 Å². The summed E-state index contributed by atoms with van der Waals surface area (Å²) < 4.78 is 77.5. The fraction of sp³-hybridized carbons (Fsp3) is 0.364. The van der Waals surface area contributed by atoms with Gasteiger partial charge in [0.15, 0.2) is 5.60 Å². The average Bonchev–Trinajstić information content (AvgIpc) is 3.10. The number of nitrogens with two attached hydrogens (primary N) is 1. The summed E-state index contributed by atoms with van der Waals surface area (Å²) in [4.78, 5) is 20.2. The first-order valence-corrected chi connectivity index (χ1v) is 10.1. The van der Waals surface area contributed by atoms with E-state index >= 15 is 0 Å². The normalized spacial score (nSPS) is 27.2. The molecule has 4 rings (SSSR count). The number of nitriles is 1. The van der Waals surface area contributed by atoms with Crippen LogP contribution in [0.5, 0.6) is 0 Å². The Balaban J connectivity index is 1.75. The summed E-state index contributed by atoms with van der Waals surface area (Å²) in [6, 6.07) is 6.89. The standard InChI is InChI=1S/C22H18F5N5O2/c23-10-20-9-21(26,27)6-17(20)22(11-24,32-19(29)34-20)14-5-13(2-3-15(14)25)31-18(33)16-4-1-12(7-28)8-30-16/h1-5,8,17H,6,9-11H2,(H2,29,32)(H,31,33). The third kappa shape index (κ3) is 3.81. The van der Waals surface area contributed by atoms with Crippen LogP contribution in [0.25, 0.3) is 0 Å². The fourth-order valence-electron chi connectivity index (χ4n) is 4.67. The number of ether oxygens (including phenoxy) is 1. The van der Waals surface area contributed by atoms with E-state index in [1.54, 1.807) is 0 Å². The number of amidine groups is 1. The van der Waals surface area contributed by atoms with Gasteiger partial charge in [0.05, 0.1) is 12.0 Å². The summed E-state index contributed by atoms with van der Waals surface area (Å²) in [6.45, 7) is -2.88. The highest BCUT2D eigenvalue weighted by Crippen LogP contribution is 2.58. The zero-order chi connectivity index (χ0) is 24.7. The molecule has 12 heteroatoms. The van der Waals surface area contributed by atoms with Gasteiger partial charge in [-0.3, -0.25) is 4.79 Å². The summed E-state index contributed by atoms with van der Waals surface area (Å²) in [5, 5.41) is 11.3. The summed E-state index contributed by atoms with van der Waals surface area (Å²) in [6.07, 6.45) is -0.885. The lowest BCUT2D eigenvalue weighted by molar-refractivity contribution is -0.0693. The second-order valence-electron chi connectivity index (χ2n) is 8.29. The van der Waals surface area contributed by atoms with Crippen molar-refractivity contribution in [1.82, 2.24) is 4.98 Å². The Morgan fingerprint density at radius 3 is 2.65 bits per heavy atom. The molecule has 178 valence electrons. The molecule has 1 aromatic heterocycles. The lowest BCUT2D eigenvalue weighted by Gasteiger charge is -2.46. The Morgan fingerprint density at radius 1 is 1.26 bits per heavy atom. The Bertz CT molecular complexity index is 1200. The number of hydrogen-bond donors (Lipinski definition) is 2. The second kappa shape index (κ2) is 8.23. The van der Waals surface area contributed by atoms with Gasteiger partial charge in [-0.05, 0) is 30.3 Å². The van der Waals surface area contributed by atoms with Crippen molar-refractivity contribution in [3.8, 4) is 6.07 Å². The van der Waals surface area contributed by atoms with Crippen molar-refractivity contribution < 1.29 is 31.5 Å². The Morgan fingerprint density at radius 2 is 2.03 bits per heavy atom. The minimum Gasteiger partial charge on any atom is -0.455 e. The van der Waals surface area contributed by atoms with Crippen LogP contribution in [0.3, 0.4) is 0 Å². The molecule has 1 aromatic carbocycles. The molecule has 3 N–H and O–H groups in total. The number of pyridine rings is 1. The van der Waals surface area contributed by atoms with Crippen LogP contribution in [0, 0.1) is 23.1 Å². The molecular weight excluding hydrogens is 461 g/mol. The molecule has 0 saturated heterocycles. The lowest BCUT2D eigenvalue weighted by Crippen LogP contribution is -2.57. The number of carbonyl (C=O) groups is 1. The summed E-state index contributed by atoms with van der Waals surface area (Å²) in [5.74, 6) is -6.72. The maximum atomic E-state index is 15.0. The molecule has 0 radical (unpaired) electrons. The second-order valence-corrected chi connectivity index (χ2v) is 8.29. The highest BCUT2D eigenvalue weighted by Gasteiger charge is 2.68. The molecule has 34 heavy (non-hydrogen) atoms. The van der Waals surface area contributed by atoms with E-state index in [2.05, 4.69) is 15.3 Å². The molecule has 1 fully saturated rings. The molecule has 1 aliphatic carbocycles. The Labute approximate surface area is 190 Å². The lowest BCUT2D eigenvalue weighted by atomic mass is 9.71. The molecule has 0 bridgehead atoms. The monoisotopic (exact) mass is 479 g/mol. The van der Waals surface area contributed by atoms with Crippen molar-refractivity contribution in [2.24, 2.45) is 16.6 Å². The Hall–Kier alpha value is -3.75. The number of carbonyl (C=O) groups excluding carboxylic acids is 1. The van der Waals surface area contributed by atoms with Crippen LogP contribution in [0.1, 0.15) is 34.5 Å². The van der Waals surface area contributed by atoms with Crippen LogP contribution in [-0.2, 0) is 10.3 Å². The highest BCUT2D eigenvalue weighted by molar-refractivity contribution is 6.02. The van der Waals surface area contributed by atoms with Crippen LogP contribution in [0.2, 0.25) is 0 Å². The molecule has 1 amide bonds. The summed E-state index contributed by atoms with van der Waals surface area (Å²) in [7, 11) is 0. The van der Waals surface area contributed by atoms with Crippen molar-refractivity contribution in [2.75, 3.05) is 18.7 Å². The number of anilines is 1. The maximum Gasteiger partial charge on any atom is 0.283 e. The number of aromatic nitrogens is 1. The van der Waals surface area contributed by atoms with E-state index in [1.807, 2.05) is 6.07 Å². The van der Waals surface area contributed by atoms with Gasteiger partial charge >= 0.3 is 0 Å². The molecule has 2 heterocycles. The van der Waals surface area contributed by atoms with Gasteiger partial charge in [-0.2, -0.15) is 5.26 Å². The molecule has 1 aliphatic heterocycles. The quantitative estimate of drug-likeness (QED) is 0.637. The fourth-order valence-corrected chi connectivity index (χ4v) is 4.67. The van der Waals surface area contributed by atoms with Crippen molar-refractivity contribution in [3.05, 3.63) is 59.2 Å². The van der Waals surface area contributed by atoms with Gasteiger partial charge in [-0.1, -0.05) is 0 Å². The number of hydrogen-bond acceptors (Lipinski definition) is 6. The molecule has 3 unspecified atom stereocenters. The first-order chi connectivity index (χ1) is 16.1. The minimum absolute atomic E-state index is 0.0174. The first-order valence-electron chi connectivity index (χ1n) is 10.1. The third-order valence-corrected chi connectivity index (χ3v) is 6.14. The number of amides is 1. The summed E-state index contributed by atoms with van der Waals surface area (Å²) >= 11 is 0. The number of fused-ring (bicyclic) bond motifs is 1.